The van der Waals surface area contributed by atoms with Crippen LogP contribution in [0.4, 0.5) is 15.8 Å². The lowest BCUT2D eigenvalue weighted by atomic mass is 10.2. The molecule has 1 heterocycles. The zero-order valence-corrected chi connectivity index (χ0v) is 15.1. The topological polar surface area (TPSA) is 44.8 Å². The van der Waals surface area contributed by atoms with Crippen molar-refractivity contribution in [2.24, 2.45) is 0 Å². The number of carbonyl (C=O) groups is 1. The molecule has 6 heteroatoms. The SMILES string of the molecule is COc1ccccc1N1CCN(C(C)C(=O)Nc2ccccc2F)CC1. The van der Waals surface area contributed by atoms with Crippen LogP contribution in [0.1, 0.15) is 6.92 Å². The van der Waals surface area contributed by atoms with Gasteiger partial charge in [0, 0.05) is 26.2 Å². The first kappa shape index (κ1) is 18.2. The molecule has 1 unspecified atom stereocenters. The van der Waals surface area contributed by atoms with E-state index in [0.29, 0.717) is 0 Å². The molecular weight excluding hydrogens is 333 g/mol. The Bertz CT molecular complexity index is 760. The van der Waals surface area contributed by atoms with Crippen LogP contribution in [0.2, 0.25) is 0 Å². The van der Waals surface area contributed by atoms with E-state index in [1.165, 1.54) is 6.07 Å². The largest absolute Gasteiger partial charge is 0.495 e. The second kappa shape index (κ2) is 8.19. The molecule has 5 nitrogen and oxygen atoms in total. The number of hydrogen-bond donors (Lipinski definition) is 1. The fourth-order valence-corrected chi connectivity index (χ4v) is 3.21. The number of hydrogen-bond acceptors (Lipinski definition) is 4. The highest BCUT2D eigenvalue weighted by Crippen LogP contribution is 2.28. The molecule has 1 amide bonds. The van der Waals surface area contributed by atoms with Gasteiger partial charge in [0.15, 0.2) is 0 Å². The number of para-hydroxylation sites is 3. The van der Waals surface area contributed by atoms with E-state index >= 15 is 0 Å². The summed E-state index contributed by atoms with van der Waals surface area (Å²) in [4.78, 5) is 16.8. The number of piperazine rings is 1. The van der Waals surface area contributed by atoms with E-state index < -0.39 is 5.82 Å². The van der Waals surface area contributed by atoms with Crippen LogP contribution in [0.15, 0.2) is 48.5 Å². The first-order chi connectivity index (χ1) is 12.6. The highest BCUT2D eigenvalue weighted by Gasteiger charge is 2.27. The average Bonchev–Trinajstić information content (AvgIpc) is 2.69. The van der Waals surface area contributed by atoms with E-state index in [1.54, 1.807) is 25.3 Å². The second-order valence-corrected chi connectivity index (χ2v) is 6.34. The van der Waals surface area contributed by atoms with Crippen molar-refractivity contribution in [1.82, 2.24) is 4.90 Å². The summed E-state index contributed by atoms with van der Waals surface area (Å²) in [5, 5.41) is 2.68. The fraction of sp³-hybridized carbons (Fsp3) is 0.350. The second-order valence-electron chi connectivity index (χ2n) is 6.34. The van der Waals surface area contributed by atoms with Gasteiger partial charge in [0.05, 0.1) is 24.5 Å². The zero-order valence-electron chi connectivity index (χ0n) is 15.1. The Balaban J connectivity index is 1.59. The first-order valence-corrected chi connectivity index (χ1v) is 8.77. The van der Waals surface area contributed by atoms with E-state index in [-0.39, 0.29) is 17.6 Å². The quantitative estimate of drug-likeness (QED) is 0.894. The Kier molecular flexibility index (Phi) is 5.73. The number of ether oxygens (including phenoxy) is 1. The van der Waals surface area contributed by atoms with E-state index in [4.69, 9.17) is 4.74 Å². The maximum atomic E-state index is 13.7. The molecule has 1 saturated heterocycles. The highest BCUT2D eigenvalue weighted by atomic mass is 19.1. The van der Waals surface area contributed by atoms with Gasteiger partial charge in [0.2, 0.25) is 5.91 Å². The molecule has 0 aliphatic carbocycles. The molecule has 3 rings (SSSR count). The van der Waals surface area contributed by atoms with Gasteiger partial charge in [-0.2, -0.15) is 0 Å². The number of methoxy groups -OCH3 is 1. The molecule has 1 fully saturated rings. The lowest BCUT2D eigenvalue weighted by molar-refractivity contribution is -0.120. The Hall–Kier alpha value is -2.60. The zero-order chi connectivity index (χ0) is 18.5. The number of benzene rings is 2. The lowest BCUT2D eigenvalue weighted by Gasteiger charge is -2.38. The molecule has 1 aliphatic rings. The predicted octanol–water partition coefficient (Wildman–Crippen LogP) is 2.98. The van der Waals surface area contributed by atoms with E-state index in [0.717, 1.165) is 37.6 Å². The number of carbonyl (C=O) groups excluding carboxylic acids is 1. The summed E-state index contributed by atoms with van der Waals surface area (Å²) in [6.45, 7) is 4.97. The summed E-state index contributed by atoms with van der Waals surface area (Å²) in [7, 11) is 1.67. The predicted molar refractivity (Wildman–Crippen MR) is 101 cm³/mol. The molecule has 0 saturated carbocycles. The third-order valence-corrected chi connectivity index (χ3v) is 4.80. The van der Waals surface area contributed by atoms with Gasteiger partial charge in [0.25, 0.3) is 0 Å². The van der Waals surface area contributed by atoms with Crippen molar-refractivity contribution >= 4 is 17.3 Å². The van der Waals surface area contributed by atoms with Gasteiger partial charge in [-0.3, -0.25) is 9.69 Å². The van der Waals surface area contributed by atoms with Gasteiger partial charge in [-0.15, -0.1) is 0 Å². The molecule has 0 radical (unpaired) electrons. The number of rotatable bonds is 5. The molecule has 26 heavy (non-hydrogen) atoms. The number of halogens is 1. The molecule has 2 aromatic carbocycles. The van der Waals surface area contributed by atoms with Crippen LogP contribution in [-0.4, -0.2) is 50.1 Å². The molecule has 1 N–H and O–H groups in total. The summed E-state index contributed by atoms with van der Waals surface area (Å²) in [5.74, 6) is 0.237. The standard InChI is InChI=1S/C20H24FN3O2/c1-15(20(25)22-17-8-4-3-7-16(17)21)23-11-13-24(14-12-23)18-9-5-6-10-19(18)26-2/h3-10,15H,11-14H2,1-2H3,(H,22,25). The third-order valence-electron chi connectivity index (χ3n) is 4.80. The first-order valence-electron chi connectivity index (χ1n) is 8.77. The van der Waals surface area contributed by atoms with Crippen LogP contribution < -0.4 is 15.0 Å². The summed E-state index contributed by atoms with van der Waals surface area (Å²) < 4.78 is 19.2. The summed E-state index contributed by atoms with van der Waals surface area (Å²) >= 11 is 0. The number of amides is 1. The molecule has 1 aliphatic heterocycles. The van der Waals surface area contributed by atoms with Crippen molar-refractivity contribution in [2.45, 2.75) is 13.0 Å². The summed E-state index contributed by atoms with van der Waals surface area (Å²) in [6.07, 6.45) is 0. The molecule has 2 aromatic rings. The van der Waals surface area contributed by atoms with Gasteiger partial charge in [-0.25, -0.2) is 4.39 Å². The monoisotopic (exact) mass is 357 g/mol. The molecule has 1 atom stereocenters. The summed E-state index contributed by atoms with van der Waals surface area (Å²) in [6, 6.07) is 13.8. The van der Waals surface area contributed by atoms with Crippen LogP contribution in [0.5, 0.6) is 5.75 Å². The van der Waals surface area contributed by atoms with Crippen molar-refractivity contribution in [3.63, 3.8) is 0 Å². The molecular formula is C20H24FN3O2. The maximum Gasteiger partial charge on any atom is 0.241 e. The van der Waals surface area contributed by atoms with Crippen molar-refractivity contribution in [1.29, 1.82) is 0 Å². The Morgan fingerprint density at radius 3 is 2.42 bits per heavy atom. The van der Waals surface area contributed by atoms with E-state index in [2.05, 4.69) is 15.1 Å². The average molecular weight is 357 g/mol. The van der Waals surface area contributed by atoms with Crippen molar-refractivity contribution in [3.8, 4) is 5.75 Å². The molecule has 138 valence electrons. The van der Waals surface area contributed by atoms with Gasteiger partial charge in [-0.05, 0) is 31.2 Å². The fourth-order valence-electron chi connectivity index (χ4n) is 3.21. The van der Waals surface area contributed by atoms with Crippen LogP contribution in [0.25, 0.3) is 0 Å². The number of nitrogens with one attached hydrogen (secondary N) is 1. The number of nitrogens with zero attached hydrogens (tertiary/aromatic N) is 2. The minimum Gasteiger partial charge on any atom is -0.495 e. The van der Waals surface area contributed by atoms with Gasteiger partial charge >= 0.3 is 0 Å². The molecule has 0 bridgehead atoms. The van der Waals surface area contributed by atoms with Gasteiger partial charge < -0.3 is 15.0 Å². The van der Waals surface area contributed by atoms with Crippen molar-refractivity contribution in [2.75, 3.05) is 43.5 Å². The third kappa shape index (κ3) is 3.96. The smallest absolute Gasteiger partial charge is 0.241 e. The number of anilines is 2. The van der Waals surface area contributed by atoms with E-state index in [9.17, 15) is 9.18 Å². The lowest BCUT2D eigenvalue weighted by Crippen LogP contribution is -2.52. The Labute approximate surface area is 153 Å². The van der Waals surface area contributed by atoms with Crippen molar-refractivity contribution < 1.29 is 13.9 Å². The highest BCUT2D eigenvalue weighted by molar-refractivity contribution is 5.94. The van der Waals surface area contributed by atoms with Gasteiger partial charge in [0.1, 0.15) is 11.6 Å². The Morgan fingerprint density at radius 2 is 1.73 bits per heavy atom. The maximum absolute atomic E-state index is 13.7. The van der Waals surface area contributed by atoms with Crippen LogP contribution in [0.3, 0.4) is 0 Å². The van der Waals surface area contributed by atoms with Gasteiger partial charge in [-0.1, -0.05) is 24.3 Å². The Morgan fingerprint density at radius 1 is 1.08 bits per heavy atom. The van der Waals surface area contributed by atoms with Crippen LogP contribution in [0, 0.1) is 5.82 Å². The minimum atomic E-state index is -0.422. The molecule has 0 aromatic heterocycles. The van der Waals surface area contributed by atoms with E-state index in [1.807, 2.05) is 31.2 Å². The molecule has 0 spiro atoms. The minimum absolute atomic E-state index is 0.194. The van der Waals surface area contributed by atoms with Crippen molar-refractivity contribution in [3.05, 3.63) is 54.3 Å². The van der Waals surface area contributed by atoms with Crippen LogP contribution >= 0.6 is 0 Å². The summed E-state index contributed by atoms with van der Waals surface area (Å²) in [5.41, 5.74) is 1.29. The normalized spacial score (nSPS) is 16.2. The van der Waals surface area contributed by atoms with Crippen LogP contribution in [-0.2, 0) is 4.79 Å².